The fourth-order valence-corrected chi connectivity index (χ4v) is 3.77. The van der Waals surface area contributed by atoms with Crippen LogP contribution in [0.4, 0.5) is 0 Å². The van der Waals surface area contributed by atoms with Gasteiger partial charge in [0.25, 0.3) is 0 Å². The number of hydrogen-bond donors (Lipinski definition) is 0. The second-order valence-corrected chi connectivity index (χ2v) is 6.86. The Balaban J connectivity index is 1.73. The Morgan fingerprint density at radius 3 is 2.75 bits per heavy atom. The molecule has 2 nitrogen and oxygen atoms in total. The topological polar surface area (TPSA) is 8.17 Å². The molecule has 0 radical (unpaired) electrons. The van der Waals surface area contributed by atoms with Crippen LogP contribution >= 0.6 is 0 Å². The maximum atomic E-state index is 2.51. The van der Waals surface area contributed by atoms with Gasteiger partial charge < -0.3 is 9.47 Å². The molecule has 0 bridgehead atoms. The van der Waals surface area contributed by atoms with Crippen molar-refractivity contribution >= 4 is 17.0 Å². The second kappa shape index (κ2) is 6.29. The van der Waals surface area contributed by atoms with E-state index in [2.05, 4.69) is 84.1 Å². The van der Waals surface area contributed by atoms with E-state index < -0.39 is 0 Å². The summed E-state index contributed by atoms with van der Waals surface area (Å²) in [7, 11) is 2.22. The van der Waals surface area contributed by atoms with E-state index in [1.54, 1.807) is 0 Å². The molecule has 0 saturated carbocycles. The first-order chi connectivity index (χ1) is 11.7. The highest BCUT2D eigenvalue weighted by molar-refractivity contribution is 5.86. The van der Waals surface area contributed by atoms with Gasteiger partial charge in [-0.2, -0.15) is 0 Å². The molecule has 3 aromatic rings. The SMILES string of the molecule is Cc1ccc2c(c1)c1c(n2CC=Cc2ccccc2)CCN(C)C1. The number of benzene rings is 2. The number of nitrogens with zero attached hydrogens (tertiary/aromatic N) is 2. The van der Waals surface area contributed by atoms with Gasteiger partial charge in [-0.25, -0.2) is 0 Å². The predicted molar refractivity (Wildman–Crippen MR) is 102 cm³/mol. The average molecular weight is 316 g/mol. The van der Waals surface area contributed by atoms with Gasteiger partial charge in [0.05, 0.1) is 0 Å². The summed E-state index contributed by atoms with van der Waals surface area (Å²) in [5.41, 5.74) is 7.02. The summed E-state index contributed by atoms with van der Waals surface area (Å²) < 4.78 is 2.51. The van der Waals surface area contributed by atoms with Crippen LogP contribution in [-0.2, 0) is 19.5 Å². The van der Waals surface area contributed by atoms with Crippen LogP contribution in [-0.4, -0.2) is 23.1 Å². The summed E-state index contributed by atoms with van der Waals surface area (Å²) in [6, 6.07) is 17.4. The molecule has 0 aliphatic carbocycles. The molecule has 0 fully saturated rings. The Kier molecular flexibility index (Phi) is 3.99. The van der Waals surface area contributed by atoms with E-state index in [-0.39, 0.29) is 0 Å². The zero-order chi connectivity index (χ0) is 16.5. The second-order valence-electron chi connectivity index (χ2n) is 6.86. The van der Waals surface area contributed by atoms with Gasteiger partial charge in [-0.05, 0) is 37.2 Å². The third kappa shape index (κ3) is 2.78. The summed E-state index contributed by atoms with van der Waals surface area (Å²) in [6.45, 7) is 5.33. The normalized spacial score (nSPS) is 15.2. The zero-order valence-electron chi connectivity index (χ0n) is 14.5. The monoisotopic (exact) mass is 316 g/mol. The van der Waals surface area contributed by atoms with Crippen molar-refractivity contribution in [3.63, 3.8) is 0 Å². The Morgan fingerprint density at radius 2 is 1.92 bits per heavy atom. The molecule has 0 spiro atoms. The molecule has 0 atom stereocenters. The molecule has 24 heavy (non-hydrogen) atoms. The smallest absolute Gasteiger partial charge is 0.0489 e. The van der Waals surface area contributed by atoms with Crippen molar-refractivity contribution in [3.8, 4) is 0 Å². The number of hydrogen-bond acceptors (Lipinski definition) is 1. The van der Waals surface area contributed by atoms with Crippen molar-refractivity contribution in [2.45, 2.75) is 26.4 Å². The number of rotatable bonds is 3. The van der Waals surface area contributed by atoms with Crippen molar-refractivity contribution in [1.82, 2.24) is 9.47 Å². The Bertz CT molecular complexity index is 887. The largest absolute Gasteiger partial charge is 0.340 e. The van der Waals surface area contributed by atoms with E-state index >= 15 is 0 Å². The van der Waals surface area contributed by atoms with Crippen molar-refractivity contribution in [3.05, 3.63) is 77.0 Å². The summed E-state index contributed by atoms with van der Waals surface area (Å²) in [4.78, 5) is 2.42. The molecule has 0 N–H and O–H groups in total. The lowest BCUT2D eigenvalue weighted by molar-refractivity contribution is 0.310. The van der Waals surface area contributed by atoms with Gasteiger partial charge in [-0.1, -0.05) is 54.1 Å². The van der Waals surface area contributed by atoms with Crippen LogP contribution in [0.2, 0.25) is 0 Å². The van der Waals surface area contributed by atoms with Crippen LogP contribution < -0.4 is 0 Å². The van der Waals surface area contributed by atoms with Crippen LogP contribution in [0.25, 0.3) is 17.0 Å². The number of aryl methyl sites for hydroxylation is 1. The molecule has 0 saturated heterocycles. The zero-order valence-corrected chi connectivity index (χ0v) is 14.5. The van der Waals surface area contributed by atoms with E-state index in [0.717, 1.165) is 26.1 Å². The lowest BCUT2D eigenvalue weighted by Gasteiger charge is -2.24. The predicted octanol–water partition coefficient (Wildman–Crippen LogP) is 4.65. The van der Waals surface area contributed by atoms with Crippen molar-refractivity contribution in [2.24, 2.45) is 0 Å². The Morgan fingerprint density at radius 1 is 1.08 bits per heavy atom. The molecule has 0 amide bonds. The van der Waals surface area contributed by atoms with Gasteiger partial charge in [0.1, 0.15) is 0 Å². The number of allylic oxidation sites excluding steroid dienone is 1. The highest BCUT2D eigenvalue weighted by Gasteiger charge is 2.21. The minimum absolute atomic E-state index is 0.938. The van der Waals surface area contributed by atoms with Gasteiger partial charge in [-0.15, -0.1) is 0 Å². The fraction of sp³-hybridized carbons (Fsp3) is 0.273. The van der Waals surface area contributed by atoms with Gasteiger partial charge in [0.2, 0.25) is 0 Å². The van der Waals surface area contributed by atoms with E-state index in [9.17, 15) is 0 Å². The first kappa shape index (κ1) is 15.2. The maximum Gasteiger partial charge on any atom is 0.0489 e. The third-order valence-electron chi connectivity index (χ3n) is 5.00. The molecular formula is C22H24N2. The van der Waals surface area contributed by atoms with Crippen molar-refractivity contribution in [1.29, 1.82) is 0 Å². The fourth-order valence-electron chi connectivity index (χ4n) is 3.77. The number of aromatic nitrogens is 1. The number of fused-ring (bicyclic) bond motifs is 3. The van der Waals surface area contributed by atoms with Crippen LogP contribution in [0.1, 0.15) is 22.4 Å². The average Bonchev–Trinajstić information content (AvgIpc) is 2.89. The lowest BCUT2D eigenvalue weighted by atomic mass is 10.0. The molecule has 122 valence electrons. The first-order valence-electron chi connectivity index (χ1n) is 8.73. The summed E-state index contributed by atoms with van der Waals surface area (Å²) in [6.07, 6.45) is 5.65. The summed E-state index contributed by atoms with van der Waals surface area (Å²) in [5.74, 6) is 0. The lowest BCUT2D eigenvalue weighted by Crippen LogP contribution is -2.27. The van der Waals surface area contributed by atoms with Gasteiger partial charge in [0.15, 0.2) is 0 Å². The number of likely N-dealkylation sites (N-methyl/N-ethyl adjacent to an activating group) is 1. The van der Waals surface area contributed by atoms with E-state index in [1.807, 2.05) is 0 Å². The van der Waals surface area contributed by atoms with Crippen molar-refractivity contribution < 1.29 is 0 Å². The van der Waals surface area contributed by atoms with E-state index in [4.69, 9.17) is 0 Å². The highest BCUT2D eigenvalue weighted by atomic mass is 15.1. The molecule has 0 unspecified atom stereocenters. The molecule has 4 rings (SSSR count). The minimum atomic E-state index is 0.938. The quantitative estimate of drug-likeness (QED) is 0.683. The van der Waals surface area contributed by atoms with E-state index in [0.29, 0.717) is 0 Å². The molecular weight excluding hydrogens is 292 g/mol. The van der Waals surface area contributed by atoms with Crippen LogP contribution in [0.3, 0.4) is 0 Å². The van der Waals surface area contributed by atoms with Gasteiger partial charge in [-0.3, -0.25) is 0 Å². The summed E-state index contributed by atoms with van der Waals surface area (Å²) >= 11 is 0. The minimum Gasteiger partial charge on any atom is -0.340 e. The Labute approximate surface area is 144 Å². The van der Waals surface area contributed by atoms with E-state index in [1.165, 1.54) is 33.3 Å². The Hall–Kier alpha value is -2.32. The molecule has 1 aliphatic rings. The van der Waals surface area contributed by atoms with Crippen molar-refractivity contribution in [2.75, 3.05) is 13.6 Å². The van der Waals surface area contributed by atoms with Gasteiger partial charge in [0, 0.05) is 42.7 Å². The first-order valence-corrected chi connectivity index (χ1v) is 8.73. The van der Waals surface area contributed by atoms with Crippen LogP contribution in [0, 0.1) is 6.92 Å². The third-order valence-corrected chi connectivity index (χ3v) is 5.00. The molecule has 2 heteroatoms. The standard InChI is InChI=1S/C22H24N2/c1-17-10-11-21-19(15-17)20-16-23(2)14-12-22(20)24(21)13-6-9-18-7-4-3-5-8-18/h3-11,15H,12-14,16H2,1-2H3. The van der Waals surface area contributed by atoms with Crippen LogP contribution in [0.15, 0.2) is 54.6 Å². The van der Waals surface area contributed by atoms with Gasteiger partial charge >= 0.3 is 0 Å². The maximum absolute atomic E-state index is 2.51. The molecule has 1 aliphatic heterocycles. The summed E-state index contributed by atoms with van der Waals surface area (Å²) in [5, 5.41) is 1.43. The molecule has 2 aromatic carbocycles. The highest BCUT2D eigenvalue weighted by Crippen LogP contribution is 2.31. The molecule has 2 heterocycles. The molecule has 1 aromatic heterocycles. The van der Waals surface area contributed by atoms with Crippen LogP contribution in [0.5, 0.6) is 0 Å².